The molecule has 1 aromatic rings. The van der Waals surface area contributed by atoms with Gasteiger partial charge in [0.05, 0.1) is 11.2 Å². The van der Waals surface area contributed by atoms with Gasteiger partial charge >= 0.3 is 7.12 Å². The van der Waals surface area contributed by atoms with Crippen LogP contribution in [-0.2, 0) is 19.5 Å². The third kappa shape index (κ3) is 4.77. The molecule has 0 aromatic heterocycles. The molecule has 0 radical (unpaired) electrons. The van der Waals surface area contributed by atoms with Gasteiger partial charge in [0.25, 0.3) is 0 Å². The summed E-state index contributed by atoms with van der Waals surface area (Å²) in [6.07, 6.45) is 2.05. The summed E-state index contributed by atoms with van der Waals surface area (Å²) in [6, 6.07) is 8.48. The van der Waals surface area contributed by atoms with Crippen LogP contribution in [0.1, 0.15) is 66.5 Å². The van der Waals surface area contributed by atoms with Crippen molar-refractivity contribution < 1.29 is 14.1 Å². The van der Waals surface area contributed by atoms with Crippen molar-refractivity contribution in [1.29, 1.82) is 0 Å². The standard InChI is InChI=1S/C21H32BNO3/c1-15(24)23-14-18(22-25-20(5,6)21(7,8)26-22)13-16-9-11-17(12-10-16)19(2,3)4/h9-13H,14H2,1-8H3,(H,23,24). The summed E-state index contributed by atoms with van der Waals surface area (Å²) in [6.45, 7) is 16.6. The Labute approximate surface area is 158 Å². The molecule has 5 heteroatoms. The summed E-state index contributed by atoms with van der Waals surface area (Å²) in [5.74, 6) is -0.0736. The molecule has 1 saturated heterocycles. The minimum atomic E-state index is -0.478. The number of carbonyl (C=O) groups is 1. The third-order valence-electron chi connectivity index (χ3n) is 5.23. The fourth-order valence-electron chi connectivity index (χ4n) is 2.72. The number of nitrogens with one attached hydrogen (secondary N) is 1. The number of amides is 1. The van der Waals surface area contributed by atoms with Crippen molar-refractivity contribution >= 4 is 19.1 Å². The van der Waals surface area contributed by atoms with Crippen LogP contribution >= 0.6 is 0 Å². The fraction of sp³-hybridized carbons (Fsp3) is 0.571. The second-order valence-corrected chi connectivity index (χ2v) is 9.09. The smallest absolute Gasteiger partial charge is 0.400 e. The predicted molar refractivity (Wildman–Crippen MR) is 108 cm³/mol. The third-order valence-corrected chi connectivity index (χ3v) is 5.23. The lowest BCUT2D eigenvalue weighted by Crippen LogP contribution is -2.41. The fourth-order valence-corrected chi connectivity index (χ4v) is 2.72. The highest BCUT2D eigenvalue weighted by Gasteiger charge is 2.52. The van der Waals surface area contributed by atoms with Crippen molar-refractivity contribution in [2.45, 2.75) is 72.0 Å². The number of hydrogen-bond donors (Lipinski definition) is 1. The highest BCUT2D eigenvalue weighted by atomic mass is 16.7. The average Bonchev–Trinajstić information content (AvgIpc) is 2.71. The summed E-state index contributed by atoms with van der Waals surface area (Å²) >= 11 is 0. The van der Waals surface area contributed by atoms with Crippen LogP contribution in [0.2, 0.25) is 0 Å². The van der Waals surface area contributed by atoms with Gasteiger partial charge in [0.15, 0.2) is 0 Å². The van der Waals surface area contributed by atoms with E-state index in [1.165, 1.54) is 12.5 Å². The van der Waals surface area contributed by atoms with Crippen LogP contribution in [0.3, 0.4) is 0 Å². The molecule has 26 heavy (non-hydrogen) atoms. The van der Waals surface area contributed by atoms with Gasteiger partial charge in [-0.1, -0.05) is 51.1 Å². The van der Waals surface area contributed by atoms with Crippen LogP contribution in [0.5, 0.6) is 0 Å². The van der Waals surface area contributed by atoms with Gasteiger partial charge in [-0.25, -0.2) is 0 Å². The zero-order valence-corrected chi connectivity index (χ0v) is 17.4. The molecule has 142 valence electrons. The van der Waals surface area contributed by atoms with Crippen LogP contribution in [0.15, 0.2) is 29.7 Å². The van der Waals surface area contributed by atoms with E-state index in [2.05, 4.69) is 50.4 Å². The summed E-state index contributed by atoms with van der Waals surface area (Å²) in [4.78, 5) is 11.4. The van der Waals surface area contributed by atoms with E-state index in [1.54, 1.807) is 0 Å². The Morgan fingerprint density at radius 3 is 2.00 bits per heavy atom. The zero-order chi connectivity index (χ0) is 19.8. The molecule has 0 aliphatic carbocycles. The van der Waals surface area contributed by atoms with Gasteiger partial charge in [-0.3, -0.25) is 4.79 Å². The Morgan fingerprint density at radius 2 is 1.58 bits per heavy atom. The molecule has 0 atom stereocenters. The molecule has 4 nitrogen and oxygen atoms in total. The molecule has 1 amide bonds. The molecule has 0 bridgehead atoms. The highest BCUT2D eigenvalue weighted by molar-refractivity contribution is 6.56. The molecule has 2 rings (SSSR count). The zero-order valence-electron chi connectivity index (χ0n) is 17.4. The first-order chi connectivity index (χ1) is 11.8. The van der Waals surface area contributed by atoms with Crippen LogP contribution < -0.4 is 5.32 Å². The maximum Gasteiger partial charge on any atom is 0.492 e. The van der Waals surface area contributed by atoms with Gasteiger partial charge in [0.1, 0.15) is 0 Å². The van der Waals surface area contributed by atoms with Gasteiger partial charge in [0, 0.05) is 13.5 Å². The lowest BCUT2D eigenvalue weighted by Gasteiger charge is -2.32. The number of carbonyl (C=O) groups excluding carboxylic acids is 1. The van der Waals surface area contributed by atoms with Crippen LogP contribution in [-0.4, -0.2) is 30.8 Å². The first-order valence-corrected chi connectivity index (χ1v) is 9.23. The van der Waals surface area contributed by atoms with Crippen LogP contribution in [0.4, 0.5) is 0 Å². The maximum atomic E-state index is 11.4. The number of hydrogen-bond acceptors (Lipinski definition) is 3. The molecular weight excluding hydrogens is 325 g/mol. The van der Waals surface area contributed by atoms with Crippen molar-refractivity contribution in [3.05, 3.63) is 40.9 Å². The Morgan fingerprint density at radius 1 is 1.08 bits per heavy atom. The number of benzene rings is 1. The van der Waals surface area contributed by atoms with E-state index in [-0.39, 0.29) is 11.3 Å². The molecular formula is C21H32BNO3. The van der Waals surface area contributed by atoms with E-state index >= 15 is 0 Å². The Kier molecular flexibility index (Phi) is 5.74. The van der Waals surface area contributed by atoms with Gasteiger partial charge in [-0.15, -0.1) is 0 Å². The topological polar surface area (TPSA) is 47.6 Å². The van der Waals surface area contributed by atoms with E-state index in [0.717, 1.165) is 11.0 Å². The molecule has 1 aromatic carbocycles. The Bertz CT molecular complexity index is 668. The minimum Gasteiger partial charge on any atom is -0.400 e. The SMILES string of the molecule is CC(=O)NCC(=Cc1ccc(C(C)(C)C)cc1)B1OC(C)(C)C(C)(C)O1. The van der Waals surface area contributed by atoms with Crippen molar-refractivity contribution in [2.24, 2.45) is 0 Å². The van der Waals surface area contributed by atoms with Gasteiger partial charge < -0.3 is 14.6 Å². The molecule has 0 spiro atoms. The molecule has 1 N–H and O–H groups in total. The van der Waals surface area contributed by atoms with E-state index < -0.39 is 18.3 Å². The maximum absolute atomic E-state index is 11.4. The van der Waals surface area contributed by atoms with Gasteiger partial charge in [0.2, 0.25) is 5.91 Å². The monoisotopic (exact) mass is 357 g/mol. The van der Waals surface area contributed by atoms with Crippen LogP contribution in [0.25, 0.3) is 6.08 Å². The molecule has 1 aliphatic rings. The molecule has 0 saturated carbocycles. The second kappa shape index (κ2) is 7.20. The Hall–Kier alpha value is -1.59. The number of rotatable bonds is 4. The normalized spacial score (nSPS) is 19.5. The van der Waals surface area contributed by atoms with Crippen molar-refractivity contribution in [3.63, 3.8) is 0 Å². The largest absolute Gasteiger partial charge is 0.492 e. The van der Waals surface area contributed by atoms with Gasteiger partial charge in [-0.2, -0.15) is 0 Å². The summed E-state index contributed by atoms with van der Waals surface area (Å²) < 4.78 is 12.3. The predicted octanol–water partition coefficient (Wildman–Crippen LogP) is 4.14. The van der Waals surface area contributed by atoms with Crippen molar-refractivity contribution in [1.82, 2.24) is 5.32 Å². The highest BCUT2D eigenvalue weighted by Crippen LogP contribution is 2.38. The van der Waals surface area contributed by atoms with Gasteiger partial charge in [-0.05, 0) is 49.7 Å². The first kappa shape index (κ1) is 20.7. The van der Waals surface area contributed by atoms with E-state index in [0.29, 0.717) is 6.54 Å². The Balaban J connectivity index is 2.30. The van der Waals surface area contributed by atoms with Crippen LogP contribution in [0, 0.1) is 0 Å². The quantitative estimate of drug-likeness (QED) is 0.824. The minimum absolute atomic E-state index is 0.0736. The summed E-state index contributed by atoms with van der Waals surface area (Å²) in [5, 5.41) is 2.87. The average molecular weight is 357 g/mol. The first-order valence-electron chi connectivity index (χ1n) is 9.23. The van der Waals surface area contributed by atoms with Crippen molar-refractivity contribution in [3.8, 4) is 0 Å². The molecule has 1 heterocycles. The molecule has 1 fully saturated rings. The summed E-state index contributed by atoms with van der Waals surface area (Å²) in [7, 11) is -0.478. The lowest BCUT2D eigenvalue weighted by molar-refractivity contribution is -0.118. The van der Waals surface area contributed by atoms with E-state index in [4.69, 9.17) is 9.31 Å². The van der Waals surface area contributed by atoms with E-state index in [1.807, 2.05) is 33.8 Å². The second-order valence-electron chi connectivity index (χ2n) is 9.09. The lowest BCUT2D eigenvalue weighted by atomic mass is 9.76. The molecule has 1 aliphatic heterocycles. The molecule has 0 unspecified atom stereocenters. The van der Waals surface area contributed by atoms with E-state index in [9.17, 15) is 4.79 Å². The summed E-state index contributed by atoms with van der Waals surface area (Å²) in [5.41, 5.74) is 2.54. The van der Waals surface area contributed by atoms with Crippen molar-refractivity contribution in [2.75, 3.05) is 6.54 Å².